The molecule has 0 aromatic carbocycles. The molecule has 1 amide bonds. The molecule has 0 spiro atoms. The van der Waals surface area contributed by atoms with Crippen molar-refractivity contribution in [2.45, 2.75) is 84.8 Å². The van der Waals surface area contributed by atoms with Gasteiger partial charge in [0.2, 0.25) is 5.91 Å². The average Bonchev–Trinajstić information content (AvgIpc) is 2.51. The van der Waals surface area contributed by atoms with Crippen molar-refractivity contribution in [2.24, 2.45) is 11.8 Å². The number of rotatable bonds is 8. The third-order valence-electron chi connectivity index (χ3n) is 5.18. The highest BCUT2D eigenvalue weighted by Crippen LogP contribution is 2.25. The Kier molecular flexibility index (Phi) is 8.03. The lowest BCUT2D eigenvalue weighted by Gasteiger charge is -2.42. The minimum absolute atomic E-state index is 0.0763. The maximum absolute atomic E-state index is 12.9. The van der Waals surface area contributed by atoms with Crippen LogP contribution in [0.1, 0.15) is 66.7 Å². The van der Waals surface area contributed by atoms with Gasteiger partial charge in [0.1, 0.15) is 6.04 Å². The smallest absolute Gasteiger partial charge is 0.326 e. The molecular weight excluding hydrogens is 292 g/mol. The molecule has 5 nitrogen and oxygen atoms in total. The first-order valence-corrected chi connectivity index (χ1v) is 9.12. The summed E-state index contributed by atoms with van der Waals surface area (Å²) in [5, 5.41) is 12.2. The average molecular weight is 326 g/mol. The molecule has 5 heteroatoms. The first kappa shape index (κ1) is 19.9. The van der Waals surface area contributed by atoms with Crippen LogP contribution >= 0.6 is 0 Å². The van der Waals surface area contributed by atoms with Crippen LogP contribution in [0.4, 0.5) is 0 Å². The van der Waals surface area contributed by atoms with Crippen LogP contribution in [-0.4, -0.2) is 46.6 Å². The Morgan fingerprint density at radius 3 is 2.35 bits per heavy atom. The number of carboxylic acid groups (broad SMARTS) is 1. The molecule has 4 unspecified atom stereocenters. The molecule has 1 saturated heterocycles. The van der Waals surface area contributed by atoms with Crippen molar-refractivity contribution in [2.75, 3.05) is 6.54 Å². The van der Waals surface area contributed by atoms with E-state index in [9.17, 15) is 14.7 Å². The zero-order chi connectivity index (χ0) is 17.6. The van der Waals surface area contributed by atoms with Crippen LogP contribution < -0.4 is 5.32 Å². The summed E-state index contributed by atoms with van der Waals surface area (Å²) in [5.74, 6) is -0.991. The van der Waals surface area contributed by atoms with E-state index in [2.05, 4.69) is 17.1 Å². The lowest BCUT2D eigenvalue weighted by molar-refractivity contribution is -0.145. The van der Waals surface area contributed by atoms with Gasteiger partial charge in [-0.3, -0.25) is 9.69 Å². The fourth-order valence-corrected chi connectivity index (χ4v) is 3.59. The van der Waals surface area contributed by atoms with Crippen molar-refractivity contribution in [3.8, 4) is 0 Å². The molecule has 2 N–H and O–H groups in total. The molecule has 23 heavy (non-hydrogen) atoms. The maximum Gasteiger partial charge on any atom is 0.326 e. The Hall–Kier alpha value is -1.10. The molecule has 0 radical (unpaired) electrons. The van der Waals surface area contributed by atoms with Gasteiger partial charge >= 0.3 is 5.97 Å². The number of carbonyl (C=O) groups excluding carboxylic acids is 1. The molecule has 0 bridgehead atoms. The number of hydrogen-bond acceptors (Lipinski definition) is 3. The van der Waals surface area contributed by atoms with E-state index in [1.165, 1.54) is 6.42 Å². The number of hydrogen-bond donors (Lipinski definition) is 2. The van der Waals surface area contributed by atoms with Gasteiger partial charge < -0.3 is 10.4 Å². The normalized spacial score (nSPS) is 23.3. The van der Waals surface area contributed by atoms with Crippen LogP contribution in [0.15, 0.2) is 0 Å². The second-order valence-corrected chi connectivity index (χ2v) is 7.19. The predicted molar refractivity (Wildman–Crippen MR) is 92.3 cm³/mol. The summed E-state index contributed by atoms with van der Waals surface area (Å²) in [4.78, 5) is 26.7. The van der Waals surface area contributed by atoms with E-state index in [0.29, 0.717) is 6.04 Å². The Bertz CT molecular complexity index is 398. The minimum atomic E-state index is -0.944. The molecule has 4 atom stereocenters. The van der Waals surface area contributed by atoms with Gasteiger partial charge in [-0.05, 0) is 37.6 Å². The van der Waals surface area contributed by atoms with E-state index in [1.807, 2.05) is 27.7 Å². The first-order chi connectivity index (χ1) is 10.8. The third kappa shape index (κ3) is 5.20. The highest BCUT2D eigenvalue weighted by Gasteiger charge is 2.36. The molecule has 1 fully saturated rings. The zero-order valence-electron chi connectivity index (χ0n) is 15.3. The van der Waals surface area contributed by atoms with Crippen LogP contribution in [0, 0.1) is 11.8 Å². The van der Waals surface area contributed by atoms with Gasteiger partial charge in [0.05, 0.1) is 6.04 Å². The fourth-order valence-electron chi connectivity index (χ4n) is 3.59. The van der Waals surface area contributed by atoms with Crippen LogP contribution in [0.2, 0.25) is 0 Å². The molecule has 1 aliphatic heterocycles. The second-order valence-electron chi connectivity index (χ2n) is 7.19. The Morgan fingerprint density at radius 1 is 1.22 bits per heavy atom. The summed E-state index contributed by atoms with van der Waals surface area (Å²) in [6, 6.07) is -0.626. The number of carboxylic acids is 1. The summed E-state index contributed by atoms with van der Waals surface area (Å²) in [5.41, 5.74) is 0. The van der Waals surface area contributed by atoms with E-state index in [4.69, 9.17) is 0 Å². The van der Waals surface area contributed by atoms with Crippen LogP contribution in [0.25, 0.3) is 0 Å². The van der Waals surface area contributed by atoms with Gasteiger partial charge in [-0.25, -0.2) is 4.79 Å². The molecule has 0 aromatic heterocycles. The van der Waals surface area contributed by atoms with Crippen LogP contribution in [0.5, 0.6) is 0 Å². The van der Waals surface area contributed by atoms with Crippen LogP contribution in [-0.2, 0) is 9.59 Å². The Morgan fingerprint density at radius 2 is 1.87 bits per heavy atom. The molecular formula is C18H34N2O3. The zero-order valence-corrected chi connectivity index (χ0v) is 15.3. The van der Waals surface area contributed by atoms with Gasteiger partial charge in [-0.15, -0.1) is 0 Å². The fraction of sp³-hybridized carbons (Fsp3) is 0.889. The van der Waals surface area contributed by atoms with Crippen molar-refractivity contribution in [3.05, 3.63) is 0 Å². The van der Waals surface area contributed by atoms with Gasteiger partial charge in [-0.2, -0.15) is 0 Å². The molecule has 1 heterocycles. The molecule has 1 rings (SSSR count). The number of carbonyl (C=O) groups is 2. The SMILES string of the molecule is CCC(C)C(NC(=O)C(C(C)C)N1CCCCC1CC)C(=O)O. The molecule has 0 aromatic rings. The quantitative estimate of drug-likeness (QED) is 0.719. The molecule has 1 aliphatic rings. The number of aliphatic carboxylic acids is 1. The van der Waals surface area contributed by atoms with Gasteiger partial charge in [0, 0.05) is 6.04 Å². The minimum Gasteiger partial charge on any atom is -0.480 e. The van der Waals surface area contributed by atoms with E-state index < -0.39 is 12.0 Å². The largest absolute Gasteiger partial charge is 0.480 e. The van der Waals surface area contributed by atoms with E-state index in [0.717, 1.165) is 32.2 Å². The van der Waals surface area contributed by atoms with E-state index in [1.54, 1.807) is 0 Å². The highest BCUT2D eigenvalue weighted by molar-refractivity contribution is 5.87. The van der Waals surface area contributed by atoms with Gasteiger partial charge in [0.15, 0.2) is 0 Å². The molecule has 0 saturated carbocycles. The van der Waals surface area contributed by atoms with Crippen molar-refractivity contribution in [1.82, 2.24) is 10.2 Å². The van der Waals surface area contributed by atoms with Crippen molar-refractivity contribution in [3.63, 3.8) is 0 Å². The summed E-state index contributed by atoms with van der Waals surface area (Å²) in [6.07, 6.45) is 5.21. The maximum atomic E-state index is 12.9. The standard InChI is InChI=1S/C18H34N2O3/c1-6-13(5)15(18(22)23)19-17(21)16(12(3)4)20-11-9-8-10-14(20)7-2/h12-16H,6-11H2,1-5H3,(H,19,21)(H,22,23). The van der Waals surface area contributed by atoms with Gasteiger partial charge in [0.25, 0.3) is 0 Å². The molecule has 134 valence electrons. The second kappa shape index (κ2) is 9.26. The number of nitrogens with zero attached hydrogens (tertiary/aromatic N) is 1. The summed E-state index contributed by atoms with van der Waals surface area (Å²) in [6.45, 7) is 11.0. The Balaban J connectivity index is 2.91. The van der Waals surface area contributed by atoms with Crippen molar-refractivity contribution in [1.29, 1.82) is 0 Å². The lowest BCUT2D eigenvalue weighted by Crippen LogP contribution is -2.58. The topological polar surface area (TPSA) is 69.6 Å². The summed E-state index contributed by atoms with van der Waals surface area (Å²) in [7, 11) is 0. The van der Waals surface area contributed by atoms with Crippen molar-refractivity contribution >= 4 is 11.9 Å². The lowest BCUT2D eigenvalue weighted by atomic mass is 9.92. The third-order valence-corrected chi connectivity index (χ3v) is 5.18. The molecule has 0 aliphatic carbocycles. The summed E-state index contributed by atoms with van der Waals surface area (Å²) >= 11 is 0. The monoisotopic (exact) mass is 326 g/mol. The van der Waals surface area contributed by atoms with E-state index >= 15 is 0 Å². The number of nitrogens with one attached hydrogen (secondary N) is 1. The van der Waals surface area contributed by atoms with Gasteiger partial charge in [-0.1, -0.05) is 47.5 Å². The van der Waals surface area contributed by atoms with E-state index in [-0.39, 0.29) is 23.8 Å². The summed E-state index contributed by atoms with van der Waals surface area (Å²) < 4.78 is 0. The highest BCUT2D eigenvalue weighted by atomic mass is 16.4. The number of likely N-dealkylation sites (tertiary alicyclic amines) is 1. The Labute approximate surface area is 140 Å². The van der Waals surface area contributed by atoms with Crippen molar-refractivity contribution < 1.29 is 14.7 Å². The number of piperidine rings is 1. The first-order valence-electron chi connectivity index (χ1n) is 9.12. The number of amides is 1. The van der Waals surface area contributed by atoms with Crippen LogP contribution in [0.3, 0.4) is 0 Å². The predicted octanol–water partition coefficient (Wildman–Crippen LogP) is 2.89.